The molecule has 1 aromatic heterocycles. The molecule has 1 unspecified atom stereocenters. The monoisotopic (exact) mass is 475 g/mol. The Balaban J connectivity index is 1.63. The summed E-state index contributed by atoms with van der Waals surface area (Å²) in [5.41, 5.74) is 2.22. The first kappa shape index (κ1) is 22.9. The maximum Gasteiger partial charge on any atom is 0.225 e. The lowest BCUT2D eigenvalue weighted by Crippen LogP contribution is -2.57. The van der Waals surface area contributed by atoms with E-state index in [4.69, 9.17) is 27.9 Å². The van der Waals surface area contributed by atoms with Crippen LogP contribution >= 0.6 is 23.2 Å². The van der Waals surface area contributed by atoms with Gasteiger partial charge in [0.15, 0.2) is 0 Å². The molecule has 7 nitrogen and oxygen atoms in total. The second-order valence-corrected chi connectivity index (χ2v) is 9.52. The number of carbonyl (C=O) groups excluding carboxylic acids is 1. The summed E-state index contributed by atoms with van der Waals surface area (Å²) in [7, 11) is 1.60. The Morgan fingerprint density at radius 2 is 2.22 bits per heavy atom. The van der Waals surface area contributed by atoms with Gasteiger partial charge in [-0.05, 0) is 43.5 Å². The molecule has 0 bridgehead atoms. The van der Waals surface area contributed by atoms with Gasteiger partial charge in [-0.3, -0.25) is 4.79 Å². The number of hydrogen-bond donors (Lipinski definition) is 1. The van der Waals surface area contributed by atoms with Gasteiger partial charge in [-0.2, -0.15) is 5.26 Å². The maximum absolute atomic E-state index is 12.5. The summed E-state index contributed by atoms with van der Waals surface area (Å²) in [5, 5.41) is 13.9. The second kappa shape index (κ2) is 9.30. The quantitative estimate of drug-likeness (QED) is 0.385. The molecule has 1 saturated heterocycles. The van der Waals surface area contributed by atoms with E-state index in [1.54, 1.807) is 19.4 Å². The van der Waals surface area contributed by atoms with Crippen molar-refractivity contribution in [3.05, 3.63) is 46.5 Å². The van der Waals surface area contributed by atoms with Crippen LogP contribution in [0.1, 0.15) is 31.7 Å². The minimum atomic E-state index is -0.824. The first-order valence-electron chi connectivity index (χ1n) is 10.9. The third kappa shape index (κ3) is 4.45. The van der Waals surface area contributed by atoms with Gasteiger partial charge in [0.25, 0.3) is 0 Å². The number of rotatable bonds is 6. The molecule has 2 aliphatic heterocycles. The maximum atomic E-state index is 12.5. The number of hydrogen-bond acceptors (Lipinski definition) is 6. The lowest BCUT2D eigenvalue weighted by molar-refractivity contribution is -0.136. The molecular formula is C23H27Cl2N5O2. The van der Waals surface area contributed by atoms with E-state index in [0.29, 0.717) is 43.4 Å². The molecule has 1 saturated carbocycles. The Bertz CT molecular complexity index is 1000. The van der Waals surface area contributed by atoms with Crippen molar-refractivity contribution in [2.24, 2.45) is 5.92 Å². The number of halogens is 2. The summed E-state index contributed by atoms with van der Waals surface area (Å²) >= 11 is 13.4. The third-order valence-corrected chi connectivity index (χ3v) is 7.13. The summed E-state index contributed by atoms with van der Waals surface area (Å²) in [4.78, 5) is 19.8. The van der Waals surface area contributed by atoms with Gasteiger partial charge in [-0.1, -0.05) is 23.2 Å². The molecule has 1 N–H and O–H groups in total. The van der Waals surface area contributed by atoms with Gasteiger partial charge in [0, 0.05) is 50.5 Å². The predicted molar refractivity (Wildman–Crippen MR) is 124 cm³/mol. The largest absolute Gasteiger partial charge is 0.384 e. The van der Waals surface area contributed by atoms with Crippen LogP contribution in [0, 0.1) is 17.2 Å². The molecule has 1 aromatic rings. The molecule has 1 amide bonds. The highest BCUT2D eigenvalue weighted by Gasteiger charge is 2.50. The number of ether oxygens (including phenoxy) is 1. The number of pyridine rings is 1. The van der Waals surface area contributed by atoms with E-state index in [0.717, 1.165) is 29.8 Å². The number of dihydropyridines is 1. The van der Waals surface area contributed by atoms with Crippen LogP contribution in [-0.4, -0.2) is 65.1 Å². The van der Waals surface area contributed by atoms with Crippen molar-refractivity contribution in [2.75, 3.05) is 33.4 Å². The van der Waals surface area contributed by atoms with Crippen molar-refractivity contribution in [2.45, 2.75) is 37.2 Å². The van der Waals surface area contributed by atoms with Crippen LogP contribution in [0.2, 0.25) is 5.15 Å². The third-order valence-electron chi connectivity index (χ3n) is 6.32. The van der Waals surface area contributed by atoms with Crippen LogP contribution in [0.5, 0.6) is 0 Å². The molecule has 32 heavy (non-hydrogen) atoms. The fraction of sp³-hybridized carbons (Fsp3) is 0.522. The molecule has 1 aliphatic carbocycles. The van der Waals surface area contributed by atoms with Crippen molar-refractivity contribution in [1.29, 1.82) is 5.26 Å². The fourth-order valence-corrected chi connectivity index (χ4v) is 5.14. The lowest BCUT2D eigenvalue weighted by Gasteiger charge is -2.46. The molecule has 3 heterocycles. The van der Waals surface area contributed by atoms with E-state index in [9.17, 15) is 10.1 Å². The summed E-state index contributed by atoms with van der Waals surface area (Å²) in [5.74, 6) is 1.08. The van der Waals surface area contributed by atoms with Crippen molar-refractivity contribution in [1.82, 2.24) is 20.1 Å². The molecule has 3 aliphatic rings. The number of carbonyl (C=O) groups is 1. The average molecular weight is 476 g/mol. The predicted octanol–water partition coefficient (Wildman–Crippen LogP) is 3.37. The number of nitrogens with zero attached hydrogens (tertiary/aromatic N) is 4. The SMILES string of the molecule is COCCC(=O)N1CCN(C2=C(C#N)C=C(c3ccnc(Cl)c3)[C@](Cl)(C3CC3)N2)CC1C. The number of piperazine rings is 1. The molecule has 9 heteroatoms. The Kier molecular flexibility index (Phi) is 6.66. The lowest BCUT2D eigenvalue weighted by atomic mass is 9.90. The number of alkyl halides is 1. The van der Waals surface area contributed by atoms with E-state index >= 15 is 0 Å². The van der Waals surface area contributed by atoms with E-state index < -0.39 is 5.00 Å². The van der Waals surface area contributed by atoms with Gasteiger partial charge in [0.1, 0.15) is 22.0 Å². The van der Waals surface area contributed by atoms with E-state index in [1.165, 1.54) is 0 Å². The minimum Gasteiger partial charge on any atom is -0.384 e. The molecule has 0 radical (unpaired) electrons. The fourth-order valence-electron chi connectivity index (χ4n) is 4.49. The summed E-state index contributed by atoms with van der Waals surface area (Å²) in [6.45, 7) is 4.27. The summed E-state index contributed by atoms with van der Waals surface area (Å²) in [6.07, 6.45) is 5.93. The molecule has 170 valence electrons. The zero-order chi connectivity index (χ0) is 22.9. The van der Waals surface area contributed by atoms with Gasteiger partial charge in [-0.25, -0.2) is 4.98 Å². The van der Waals surface area contributed by atoms with E-state index in [2.05, 4.69) is 21.3 Å². The van der Waals surface area contributed by atoms with Gasteiger partial charge in [-0.15, -0.1) is 0 Å². The molecule has 4 rings (SSSR count). The van der Waals surface area contributed by atoms with Crippen LogP contribution in [-0.2, 0) is 9.53 Å². The molecule has 2 fully saturated rings. The zero-order valence-corrected chi connectivity index (χ0v) is 19.8. The smallest absolute Gasteiger partial charge is 0.225 e. The second-order valence-electron chi connectivity index (χ2n) is 8.54. The average Bonchev–Trinajstić information content (AvgIpc) is 3.63. The minimum absolute atomic E-state index is 0.0115. The van der Waals surface area contributed by atoms with Crippen molar-refractivity contribution in [3.63, 3.8) is 0 Å². The Morgan fingerprint density at radius 3 is 2.84 bits per heavy atom. The van der Waals surface area contributed by atoms with Crippen LogP contribution in [0.4, 0.5) is 0 Å². The summed E-state index contributed by atoms with van der Waals surface area (Å²) < 4.78 is 5.04. The highest BCUT2D eigenvalue weighted by molar-refractivity contribution is 6.31. The van der Waals surface area contributed by atoms with Crippen LogP contribution in [0.3, 0.4) is 0 Å². The standard InChI is InChI=1S/C23H27Cl2N5O2/c1-15-14-29(8-9-30(15)21(31)6-10-32-2)22-17(13-26)11-19(16-5-7-27-20(24)12-16)23(25,28-22)18-3-4-18/h5,7,11-12,15,18,28H,3-4,6,8-10,14H2,1-2H3/t15?,23-/m0/s1. The van der Waals surface area contributed by atoms with Crippen molar-refractivity contribution < 1.29 is 9.53 Å². The highest BCUT2D eigenvalue weighted by Crippen LogP contribution is 2.52. The number of aromatic nitrogens is 1. The number of nitrogens with one attached hydrogen (secondary N) is 1. The highest BCUT2D eigenvalue weighted by atomic mass is 35.5. The molecule has 0 aromatic carbocycles. The van der Waals surface area contributed by atoms with E-state index in [1.807, 2.05) is 24.0 Å². The number of nitriles is 1. The number of methoxy groups -OCH3 is 1. The Morgan fingerprint density at radius 1 is 1.44 bits per heavy atom. The van der Waals surface area contributed by atoms with Crippen molar-refractivity contribution in [3.8, 4) is 6.07 Å². The first-order valence-corrected chi connectivity index (χ1v) is 11.6. The molecular weight excluding hydrogens is 449 g/mol. The number of amides is 1. The molecule has 0 spiro atoms. The van der Waals surface area contributed by atoms with Gasteiger partial charge in [0.2, 0.25) is 5.91 Å². The van der Waals surface area contributed by atoms with E-state index in [-0.39, 0.29) is 17.9 Å². The Labute approximate surface area is 198 Å². The van der Waals surface area contributed by atoms with Gasteiger partial charge in [0.05, 0.1) is 18.6 Å². The van der Waals surface area contributed by atoms with Crippen LogP contribution in [0.25, 0.3) is 5.57 Å². The Hall–Kier alpha value is -2.27. The normalized spacial score (nSPS) is 25.8. The molecule has 2 atom stereocenters. The van der Waals surface area contributed by atoms with Crippen LogP contribution in [0.15, 0.2) is 35.8 Å². The van der Waals surface area contributed by atoms with Crippen molar-refractivity contribution >= 4 is 34.7 Å². The zero-order valence-electron chi connectivity index (χ0n) is 18.3. The van der Waals surface area contributed by atoms with Gasteiger partial charge < -0.3 is 19.9 Å². The summed E-state index contributed by atoms with van der Waals surface area (Å²) in [6, 6.07) is 5.99. The topological polar surface area (TPSA) is 81.5 Å². The number of allylic oxidation sites excluding steroid dienone is 2. The van der Waals surface area contributed by atoms with Crippen LogP contribution < -0.4 is 5.32 Å². The van der Waals surface area contributed by atoms with Gasteiger partial charge >= 0.3 is 0 Å². The first-order chi connectivity index (χ1) is 15.4.